The van der Waals surface area contributed by atoms with Crippen LogP contribution in [0.5, 0.6) is 0 Å². The maximum absolute atomic E-state index is 12.7. The van der Waals surface area contributed by atoms with Crippen molar-refractivity contribution in [3.63, 3.8) is 0 Å². The van der Waals surface area contributed by atoms with Crippen molar-refractivity contribution in [3.8, 4) is 11.3 Å². The van der Waals surface area contributed by atoms with Crippen LogP contribution < -0.4 is 11.1 Å². The van der Waals surface area contributed by atoms with Gasteiger partial charge in [0, 0.05) is 29.8 Å². The first kappa shape index (κ1) is 22.1. The minimum absolute atomic E-state index is 0. The Hall–Kier alpha value is -2.63. The van der Waals surface area contributed by atoms with E-state index in [-0.39, 0.29) is 24.2 Å². The van der Waals surface area contributed by atoms with Gasteiger partial charge in [0.15, 0.2) is 0 Å². The number of benzene rings is 2. The number of nitrogens with two attached hydrogens (primary N) is 1. The van der Waals surface area contributed by atoms with Crippen LogP contribution in [0, 0.1) is 11.8 Å². The predicted molar refractivity (Wildman–Crippen MR) is 122 cm³/mol. The summed E-state index contributed by atoms with van der Waals surface area (Å²) in [6.07, 6.45) is 5.13. The number of carbonyl (C=O) groups excluding carboxylic acids is 1. The maximum Gasteiger partial charge on any atom is 0.223 e. The average molecular weight is 425 g/mol. The molecule has 2 aromatic carbocycles. The van der Waals surface area contributed by atoms with Crippen LogP contribution >= 0.6 is 12.4 Å². The number of aromatic nitrogens is 2. The van der Waals surface area contributed by atoms with Gasteiger partial charge in [0.1, 0.15) is 0 Å². The summed E-state index contributed by atoms with van der Waals surface area (Å²) < 4.78 is 1.96. The zero-order valence-electron chi connectivity index (χ0n) is 17.0. The van der Waals surface area contributed by atoms with Gasteiger partial charge in [-0.15, -0.1) is 12.4 Å². The molecule has 1 heterocycles. The summed E-state index contributed by atoms with van der Waals surface area (Å²) in [5.74, 6) is 0.469. The minimum Gasteiger partial charge on any atom is -0.352 e. The van der Waals surface area contributed by atoms with E-state index in [0.29, 0.717) is 25.6 Å². The van der Waals surface area contributed by atoms with Crippen LogP contribution in [0.4, 0.5) is 0 Å². The number of nitrogens with one attached hydrogen (secondary N) is 1. The van der Waals surface area contributed by atoms with Crippen LogP contribution in [-0.2, 0) is 17.9 Å². The van der Waals surface area contributed by atoms with Gasteiger partial charge < -0.3 is 11.1 Å². The third kappa shape index (κ3) is 5.10. The number of rotatable bonds is 7. The summed E-state index contributed by atoms with van der Waals surface area (Å²) in [5, 5.41) is 7.97. The molecule has 3 aromatic rings. The number of carbonyl (C=O) groups is 1. The molecule has 3 N–H and O–H groups in total. The highest BCUT2D eigenvalue weighted by atomic mass is 35.5. The van der Waals surface area contributed by atoms with E-state index >= 15 is 0 Å². The number of amides is 1. The monoisotopic (exact) mass is 424 g/mol. The lowest BCUT2D eigenvalue weighted by atomic mass is 9.95. The van der Waals surface area contributed by atoms with E-state index in [4.69, 9.17) is 10.8 Å². The highest BCUT2D eigenvalue weighted by Gasteiger charge is 2.31. The van der Waals surface area contributed by atoms with E-state index in [1.165, 1.54) is 5.56 Å². The zero-order chi connectivity index (χ0) is 20.1. The molecule has 1 aliphatic rings. The van der Waals surface area contributed by atoms with Crippen molar-refractivity contribution in [1.29, 1.82) is 0 Å². The Morgan fingerprint density at radius 1 is 1.07 bits per heavy atom. The van der Waals surface area contributed by atoms with E-state index < -0.39 is 0 Å². The summed E-state index contributed by atoms with van der Waals surface area (Å²) in [7, 11) is 0. The van der Waals surface area contributed by atoms with Gasteiger partial charge in [-0.2, -0.15) is 5.10 Å². The van der Waals surface area contributed by atoms with Crippen LogP contribution in [-0.4, -0.2) is 22.2 Å². The lowest BCUT2D eigenvalue weighted by Crippen LogP contribution is -2.34. The fourth-order valence-electron chi connectivity index (χ4n) is 4.26. The second-order valence-corrected chi connectivity index (χ2v) is 7.80. The van der Waals surface area contributed by atoms with E-state index in [1.54, 1.807) is 0 Å². The lowest BCUT2D eigenvalue weighted by molar-refractivity contribution is -0.126. The number of nitrogens with zero attached hydrogens (tertiary/aromatic N) is 2. The molecular formula is C24H29ClN4O. The van der Waals surface area contributed by atoms with Crippen LogP contribution in [0.15, 0.2) is 66.9 Å². The largest absolute Gasteiger partial charge is 0.352 e. The SMILES string of the molecule is Cl.NC[C@H]1CCC[C@H]1C(=O)NCc1cn(Cc2ccccc2)nc1-c1ccccc1. The second-order valence-electron chi connectivity index (χ2n) is 7.80. The molecule has 6 heteroatoms. The standard InChI is InChI=1S/C24H28N4O.ClH/c25-14-20-12-7-13-22(20)24(29)26-15-21-17-28(16-18-8-3-1-4-9-18)27-23(21)19-10-5-2-6-11-19;/h1-6,8-11,17,20,22H,7,12-16,25H2,(H,26,29);1H/t20-,22-;/m1./s1. The summed E-state index contributed by atoms with van der Waals surface area (Å²) in [6.45, 7) is 1.76. The number of hydrogen-bond donors (Lipinski definition) is 2. The van der Waals surface area contributed by atoms with Gasteiger partial charge in [0.05, 0.1) is 12.2 Å². The van der Waals surface area contributed by atoms with Crippen LogP contribution in [0.25, 0.3) is 11.3 Å². The van der Waals surface area contributed by atoms with E-state index in [9.17, 15) is 4.79 Å². The first-order chi connectivity index (χ1) is 14.2. The summed E-state index contributed by atoms with van der Waals surface area (Å²) >= 11 is 0. The summed E-state index contributed by atoms with van der Waals surface area (Å²) in [4.78, 5) is 12.7. The molecule has 0 aliphatic heterocycles. The van der Waals surface area contributed by atoms with Crippen molar-refractivity contribution >= 4 is 18.3 Å². The van der Waals surface area contributed by atoms with Gasteiger partial charge in [-0.3, -0.25) is 9.48 Å². The molecule has 1 aliphatic carbocycles. The summed E-state index contributed by atoms with van der Waals surface area (Å²) in [5.41, 5.74) is 10.1. The van der Waals surface area contributed by atoms with Crippen molar-refractivity contribution in [2.45, 2.75) is 32.4 Å². The second kappa shape index (κ2) is 10.4. The summed E-state index contributed by atoms with van der Waals surface area (Å²) in [6, 6.07) is 20.4. The van der Waals surface area contributed by atoms with Crippen LogP contribution in [0.1, 0.15) is 30.4 Å². The van der Waals surface area contributed by atoms with Gasteiger partial charge in [-0.25, -0.2) is 0 Å². The van der Waals surface area contributed by atoms with Crippen molar-refractivity contribution in [3.05, 3.63) is 78.0 Å². The van der Waals surface area contributed by atoms with E-state index in [0.717, 1.165) is 36.1 Å². The van der Waals surface area contributed by atoms with Crippen molar-refractivity contribution < 1.29 is 4.79 Å². The topological polar surface area (TPSA) is 72.9 Å². The molecule has 0 radical (unpaired) electrons. The van der Waals surface area contributed by atoms with Crippen molar-refractivity contribution in [1.82, 2.24) is 15.1 Å². The maximum atomic E-state index is 12.7. The molecule has 0 spiro atoms. The molecule has 30 heavy (non-hydrogen) atoms. The predicted octanol–water partition coefficient (Wildman–Crippen LogP) is 4.01. The Labute approximate surface area is 184 Å². The quantitative estimate of drug-likeness (QED) is 0.601. The van der Waals surface area contributed by atoms with Gasteiger partial charge in [0.25, 0.3) is 0 Å². The molecule has 158 valence electrons. The van der Waals surface area contributed by atoms with E-state index in [2.05, 4.69) is 29.6 Å². The molecule has 1 fully saturated rings. The van der Waals surface area contributed by atoms with Crippen molar-refractivity contribution in [2.24, 2.45) is 17.6 Å². The van der Waals surface area contributed by atoms with Crippen molar-refractivity contribution in [2.75, 3.05) is 6.54 Å². The van der Waals surface area contributed by atoms with Gasteiger partial charge in [0.2, 0.25) is 5.91 Å². The van der Waals surface area contributed by atoms with Gasteiger partial charge in [-0.1, -0.05) is 67.1 Å². The van der Waals surface area contributed by atoms with Gasteiger partial charge >= 0.3 is 0 Å². The molecule has 2 atom stereocenters. The first-order valence-corrected chi connectivity index (χ1v) is 10.4. The molecule has 0 unspecified atom stereocenters. The molecular weight excluding hydrogens is 396 g/mol. The Balaban J connectivity index is 0.00000256. The highest BCUT2D eigenvalue weighted by molar-refractivity contribution is 5.85. The molecule has 1 saturated carbocycles. The Kier molecular flexibility index (Phi) is 7.66. The molecule has 0 bridgehead atoms. The van der Waals surface area contributed by atoms with E-state index in [1.807, 2.05) is 47.3 Å². The third-order valence-corrected chi connectivity index (χ3v) is 5.82. The zero-order valence-corrected chi connectivity index (χ0v) is 17.9. The van der Waals surface area contributed by atoms with Gasteiger partial charge in [-0.05, 0) is 30.9 Å². The minimum atomic E-state index is 0. The molecule has 0 saturated heterocycles. The Morgan fingerprint density at radius 3 is 2.47 bits per heavy atom. The smallest absolute Gasteiger partial charge is 0.223 e. The average Bonchev–Trinajstić information content (AvgIpc) is 3.40. The fraction of sp³-hybridized carbons (Fsp3) is 0.333. The number of hydrogen-bond acceptors (Lipinski definition) is 3. The third-order valence-electron chi connectivity index (χ3n) is 5.82. The molecule has 5 nitrogen and oxygen atoms in total. The van der Waals surface area contributed by atoms with Crippen LogP contribution in [0.3, 0.4) is 0 Å². The first-order valence-electron chi connectivity index (χ1n) is 10.4. The number of halogens is 1. The Morgan fingerprint density at radius 2 is 1.77 bits per heavy atom. The highest BCUT2D eigenvalue weighted by Crippen LogP contribution is 2.31. The fourth-order valence-corrected chi connectivity index (χ4v) is 4.26. The lowest BCUT2D eigenvalue weighted by Gasteiger charge is -2.17. The Bertz CT molecular complexity index is 942. The molecule has 1 amide bonds. The van der Waals surface area contributed by atoms with Crippen LogP contribution in [0.2, 0.25) is 0 Å². The molecule has 4 rings (SSSR count). The normalized spacial score (nSPS) is 18.0. The molecule has 1 aromatic heterocycles.